The molecule has 1 spiro atoms. The van der Waals surface area contributed by atoms with E-state index in [1.807, 2.05) is 0 Å². The van der Waals surface area contributed by atoms with Gasteiger partial charge in [-0.05, 0) is 63.3 Å². The number of hydrogen-bond acceptors (Lipinski definition) is 3. The van der Waals surface area contributed by atoms with E-state index in [0.29, 0.717) is 5.92 Å². The number of piperidine rings is 1. The predicted molar refractivity (Wildman–Crippen MR) is 73.8 cm³/mol. The lowest BCUT2D eigenvalue weighted by atomic mass is 9.67. The molecule has 0 aromatic carbocycles. The van der Waals surface area contributed by atoms with Crippen molar-refractivity contribution in [1.29, 1.82) is 0 Å². The first-order valence-electron chi connectivity index (χ1n) is 7.81. The minimum Gasteiger partial charge on any atom is -0.375 e. The molecule has 3 aliphatic rings. The first kappa shape index (κ1) is 13.4. The average molecular weight is 266 g/mol. The molecule has 108 valence electrons. The Labute approximate surface area is 115 Å². The van der Waals surface area contributed by atoms with Gasteiger partial charge in [-0.25, -0.2) is 0 Å². The predicted octanol–water partition coefficient (Wildman–Crippen LogP) is 1.45. The molecule has 1 saturated carbocycles. The second kappa shape index (κ2) is 5.41. The first-order valence-corrected chi connectivity index (χ1v) is 7.81. The largest absolute Gasteiger partial charge is 0.375 e. The van der Waals surface area contributed by atoms with Crippen molar-refractivity contribution in [2.75, 3.05) is 20.2 Å². The lowest BCUT2D eigenvalue weighted by Crippen LogP contribution is -2.51. The van der Waals surface area contributed by atoms with Gasteiger partial charge in [0.1, 0.15) is 0 Å². The van der Waals surface area contributed by atoms with Crippen molar-refractivity contribution in [3.8, 4) is 0 Å². The topological polar surface area (TPSA) is 50.4 Å². The summed E-state index contributed by atoms with van der Waals surface area (Å²) in [4.78, 5) is 11.8. The van der Waals surface area contributed by atoms with Crippen LogP contribution in [-0.2, 0) is 9.53 Å². The van der Waals surface area contributed by atoms with Crippen molar-refractivity contribution in [1.82, 2.24) is 10.6 Å². The fourth-order valence-electron chi connectivity index (χ4n) is 4.14. The molecule has 2 aliphatic heterocycles. The molecule has 2 saturated heterocycles. The van der Waals surface area contributed by atoms with Crippen LogP contribution in [0.15, 0.2) is 0 Å². The monoisotopic (exact) mass is 266 g/mol. The summed E-state index contributed by atoms with van der Waals surface area (Å²) in [6.07, 6.45) is 8.49. The van der Waals surface area contributed by atoms with Crippen molar-refractivity contribution >= 4 is 5.91 Å². The van der Waals surface area contributed by atoms with Crippen LogP contribution >= 0.6 is 0 Å². The zero-order valence-electron chi connectivity index (χ0n) is 11.9. The van der Waals surface area contributed by atoms with Crippen LogP contribution < -0.4 is 10.6 Å². The van der Waals surface area contributed by atoms with E-state index in [-0.39, 0.29) is 17.6 Å². The summed E-state index contributed by atoms with van der Waals surface area (Å²) in [6, 6.07) is 0.0175. The molecular weight excluding hydrogens is 240 g/mol. The van der Waals surface area contributed by atoms with Gasteiger partial charge in [-0.1, -0.05) is 0 Å². The van der Waals surface area contributed by atoms with Crippen molar-refractivity contribution < 1.29 is 9.53 Å². The van der Waals surface area contributed by atoms with E-state index in [1.165, 1.54) is 38.5 Å². The van der Waals surface area contributed by atoms with E-state index >= 15 is 0 Å². The number of nitrogens with one attached hydrogen (secondary N) is 2. The summed E-state index contributed by atoms with van der Waals surface area (Å²) < 4.78 is 6.02. The van der Waals surface area contributed by atoms with Crippen molar-refractivity contribution in [3.63, 3.8) is 0 Å². The van der Waals surface area contributed by atoms with Crippen LogP contribution in [0.4, 0.5) is 0 Å². The van der Waals surface area contributed by atoms with Gasteiger partial charge >= 0.3 is 0 Å². The van der Waals surface area contributed by atoms with Gasteiger partial charge in [0, 0.05) is 13.7 Å². The number of rotatable bonds is 2. The van der Waals surface area contributed by atoms with Gasteiger partial charge in [0.25, 0.3) is 0 Å². The molecule has 1 amide bonds. The van der Waals surface area contributed by atoms with Crippen LogP contribution in [0.5, 0.6) is 0 Å². The maximum Gasteiger partial charge on any atom is 0.236 e. The molecule has 3 atom stereocenters. The van der Waals surface area contributed by atoms with E-state index in [0.717, 1.165) is 25.5 Å². The molecule has 3 fully saturated rings. The Kier molecular flexibility index (Phi) is 3.81. The van der Waals surface area contributed by atoms with Crippen LogP contribution in [0.1, 0.15) is 44.9 Å². The molecule has 2 heterocycles. The molecule has 0 radical (unpaired) electrons. The molecule has 3 rings (SSSR count). The maximum absolute atomic E-state index is 11.8. The van der Waals surface area contributed by atoms with E-state index in [9.17, 15) is 4.79 Å². The van der Waals surface area contributed by atoms with Crippen LogP contribution in [0, 0.1) is 11.8 Å². The Morgan fingerprint density at radius 1 is 1.32 bits per heavy atom. The van der Waals surface area contributed by atoms with E-state index in [1.54, 1.807) is 7.05 Å². The third-order valence-corrected chi connectivity index (χ3v) is 5.47. The summed E-state index contributed by atoms with van der Waals surface area (Å²) >= 11 is 0. The van der Waals surface area contributed by atoms with Crippen LogP contribution in [0.2, 0.25) is 0 Å². The van der Waals surface area contributed by atoms with E-state index < -0.39 is 0 Å². The van der Waals surface area contributed by atoms with Gasteiger partial charge in [0.2, 0.25) is 5.91 Å². The Hall–Kier alpha value is -0.610. The Morgan fingerprint density at radius 3 is 2.84 bits per heavy atom. The molecule has 0 aromatic rings. The average Bonchev–Trinajstić information content (AvgIpc) is 2.45. The number of ether oxygens (including phenoxy) is 1. The number of carbonyl (C=O) groups excluding carboxylic acids is 1. The Bertz CT molecular complexity index is 341. The molecule has 19 heavy (non-hydrogen) atoms. The zero-order chi connectivity index (χ0) is 13.3. The molecule has 4 nitrogen and oxygen atoms in total. The highest BCUT2D eigenvalue weighted by Crippen LogP contribution is 2.47. The molecule has 4 heteroatoms. The summed E-state index contributed by atoms with van der Waals surface area (Å²) in [5, 5.41) is 6.11. The van der Waals surface area contributed by atoms with Gasteiger partial charge in [-0.2, -0.15) is 0 Å². The second-order valence-electron chi connectivity index (χ2n) is 6.54. The van der Waals surface area contributed by atoms with Gasteiger partial charge in [0.15, 0.2) is 0 Å². The molecule has 2 N–H and O–H groups in total. The first-order chi connectivity index (χ1) is 9.22. The molecule has 3 unspecified atom stereocenters. The van der Waals surface area contributed by atoms with Gasteiger partial charge in [-0.3, -0.25) is 4.79 Å². The zero-order valence-corrected chi connectivity index (χ0v) is 11.9. The van der Waals surface area contributed by atoms with Crippen molar-refractivity contribution in [2.24, 2.45) is 11.8 Å². The number of carbonyl (C=O) groups is 1. The minimum absolute atomic E-state index is 0.0175. The lowest BCUT2D eigenvalue weighted by molar-refractivity contribution is -0.152. The smallest absolute Gasteiger partial charge is 0.236 e. The molecular formula is C15H26N2O2. The number of likely N-dealkylation sites (N-methyl/N-ethyl adjacent to an activating group) is 1. The highest BCUT2D eigenvalue weighted by atomic mass is 16.5. The van der Waals surface area contributed by atoms with Gasteiger partial charge in [-0.15, -0.1) is 0 Å². The van der Waals surface area contributed by atoms with Gasteiger partial charge in [0.05, 0.1) is 11.6 Å². The summed E-state index contributed by atoms with van der Waals surface area (Å²) in [6.45, 7) is 1.91. The number of hydrogen-bond donors (Lipinski definition) is 2. The third kappa shape index (κ3) is 2.65. The standard InChI is InChI=1S/C15H26N2O2/c1-16-14(18)13-9-11(3-7-17-13)12-4-8-19-15(10-12)5-2-6-15/h11-13,17H,2-10H2,1H3,(H,16,18). The highest BCUT2D eigenvalue weighted by Gasteiger charge is 2.45. The van der Waals surface area contributed by atoms with Crippen LogP contribution in [0.3, 0.4) is 0 Å². The van der Waals surface area contributed by atoms with E-state index in [2.05, 4.69) is 10.6 Å². The summed E-state index contributed by atoms with van der Waals surface area (Å²) in [5.74, 6) is 1.61. The fraction of sp³-hybridized carbons (Fsp3) is 0.933. The SMILES string of the molecule is CNC(=O)C1CC(C2CCOC3(CCC3)C2)CCN1. The molecule has 0 bridgehead atoms. The quantitative estimate of drug-likeness (QED) is 0.795. The summed E-state index contributed by atoms with van der Waals surface area (Å²) in [7, 11) is 1.73. The third-order valence-electron chi connectivity index (χ3n) is 5.47. The highest BCUT2D eigenvalue weighted by molar-refractivity contribution is 5.81. The maximum atomic E-state index is 11.8. The molecule has 1 aliphatic carbocycles. The fourth-order valence-corrected chi connectivity index (χ4v) is 4.14. The van der Waals surface area contributed by atoms with Crippen LogP contribution in [0.25, 0.3) is 0 Å². The number of amides is 1. The normalized spacial score (nSPS) is 37.6. The molecule has 0 aromatic heterocycles. The van der Waals surface area contributed by atoms with Crippen molar-refractivity contribution in [2.45, 2.75) is 56.6 Å². The minimum atomic E-state index is 0.0175. The lowest BCUT2D eigenvalue weighted by Gasteiger charge is -2.49. The van der Waals surface area contributed by atoms with Gasteiger partial charge < -0.3 is 15.4 Å². The summed E-state index contributed by atoms with van der Waals surface area (Å²) in [5.41, 5.74) is 0.232. The van der Waals surface area contributed by atoms with E-state index in [4.69, 9.17) is 4.74 Å². The Balaban J connectivity index is 1.60. The second-order valence-corrected chi connectivity index (χ2v) is 6.54. The van der Waals surface area contributed by atoms with Crippen LogP contribution in [-0.4, -0.2) is 37.7 Å². The van der Waals surface area contributed by atoms with Crippen molar-refractivity contribution in [3.05, 3.63) is 0 Å². The Morgan fingerprint density at radius 2 is 2.16 bits per heavy atom.